The van der Waals surface area contributed by atoms with Crippen molar-refractivity contribution in [3.05, 3.63) is 59.3 Å². The fourth-order valence-corrected chi connectivity index (χ4v) is 2.76. The molecule has 0 amide bonds. The van der Waals surface area contributed by atoms with Crippen LogP contribution >= 0.6 is 0 Å². The minimum absolute atomic E-state index is 0.627. The zero-order valence-corrected chi connectivity index (χ0v) is 9.83. The minimum Gasteiger partial charge on any atom is -0.123 e. The molecule has 0 saturated carbocycles. The van der Waals surface area contributed by atoms with Crippen LogP contribution in [0.3, 0.4) is 0 Å². The molecule has 15 heavy (non-hydrogen) atoms. The lowest BCUT2D eigenvalue weighted by Gasteiger charge is -2.00. The summed E-state index contributed by atoms with van der Waals surface area (Å²) in [6.07, 6.45) is 7.66. The Morgan fingerprint density at radius 1 is 1.20 bits per heavy atom. The van der Waals surface area contributed by atoms with Crippen molar-refractivity contribution < 1.29 is 0 Å². The molecule has 1 aliphatic carbocycles. The average molecular weight is 209 g/mol. The van der Waals surface area contributed by atoms with Crippen LogP contribution < -0.4 is 0 Å². The molecule has 0 aromatic heterocycles. The van der Waals surface area contributed by atoms with E-state index in [9.17, 15) is 0 Å². The largest absolute Gasteiger partial charge is 0.172 e. The summed E-state index contributed by atoms with van der Waals surface area (Å²) in [4.78, 5) is 0. The highest BCUT2D eigenvalue weighted by atomic mass is 28.3. The lowest BCUT2D eigenvalue weighted by atomic mass is 10.2. The lowest BCUT2D eigenvalue weighted by Crippen LogP contribution is -2.07. The van der Waals surface area contributed by atoms with Crippen LogP contribution in [0.15, 0.2) is 53.8 Å². The van der Waals surface area contributed by atoms with Gasteiger partial charge >= 0.3 is 0 Å². The van der Waals surface area contributed by atoms with Gasteiger partial charge in [0, 0.05) is 5.56 Å². The topological polar surface area (TPSA) is 0 Å². The molecule has 0 nitrogen and oxygen atoms in total. The van der Waals surface area contributed by atoms with E-state index in [1.165, 1.54) is 5.20 Å². The first-order chi connectivity index (χ1) is 7.36. The third-order valence-electron chi connectivity index (χ3n) is 2.42. The molecule has 1 aliphatic rings. The van der Waals surface area contributed by atoms with Gasteiger partial charge in [-0.15, -0.1) is 5.54 Å². The molecule has 1 radical (unpaired) electrons. The van der Waals surface area contributed by atoms with Crippen LogP contribution in [0, 0.1) is 11.5 Å². The van der Waals surface area contributed by atoms with Crippen molar-refractivity contribution in [1.29, 1.82) is 0 Å². The highest BCUT2D eigenvalue weighted by Gasteiger charge is 2.08. The first kappa shape index (κ1) is 10.0. The van der Waals surface area contributed by atoms with Gasteiger partial charge in [-0.05, 0) is 18.6 Å². The maximum absolute atomic E-state index is 3.38. The van der Waals surface area contributed by atoms with Crippen molar-refractivity contribution in [2.24, 2.45) is 0 Å². The second-order valence-electron chi connectivity index (χ2n) is 3.57. The monoisotopic (exact) mass is 209 g/mol. The van der Waals surface area contributed by atoms with E-state index in [2.05, 4.69) is 48.4 Å². The molecule has 0 spiro atoms. The maximum Gasteiger partial charge on any atom is 0.172 e. The molecule has 1 heteroatoms. The fraction of sp³-hybridized carbons (Fsp3) is 0.143. The van der Waals surface area contributed by atoms with Crippen LogP contribution in [0.4, 0.5) is 0 Å². The summed E-state index contributed by atoms with van der Waals surface area (Å²) in [7, 11) is -0.627. The summed E-state index contributed by atoms with van der Waals surface area (Å²) in [5.74, 6) is 3.25. The Hall–Kier alpha value is -1.52. The van der Waals surface area contributed by atoms with Crippen molar-refractivity contribution in [2.45, 2.75) is 13.0 Å². The Kier molecular flexibility index (Phi) is 3.21. The van der Waals surface area contributed by atoms with Gasteiger partial charge in [0.2, 0.25) is 0 Å². The predicted octanol–water partition coefficient (Wildman–Crippen LogP) is 3.13. The Bertz CT molecular complexity index is 443. The Balaban J connectivity index is 2.06. The van der Waals surface area contributed by atoms with Crippen molar-refractivity contribution in [1.82, 2.24) is 0 Å². The third-order valence-corrected chi connectivity index (χ3v) is 4.26. The van der Waals surface area contributed by atoms with Crippen LogP contribution in [0.2, 0.25) is 6.55 Å². The zero-order chi connectivity index (χ0) is 10.5. The number of hydrogen-bond donors (Lipinski definition) is 0. The van der Waals surface area contributed by atoms with Gasteiger partial charge in [-0.1, -0.05) is 54.1 Å². The van der Waals surface area contributed by atoms with Gasteiger partial charge in [-0.25, -0.2) is 0 Å². The molecular formula is C14H13Si. The zero-order valence-electron chi connectivity index (χ0n) is 8.83. The molecule has 0 unspecified atom stereocenters. The van der Waals surface area contributed by atoms with Gasteiger partial charge in [0.05, 0.1) is 0 Å². The van der Waals surface area contributed by atoms with Gasteiger partial charge in [0.25, 0.3) is 0 Å². The van der Waals surface area contributed by atoms with Gasteiger partial charge in [-0.3, -0.25) is 0 Å². The van der Waals surface area contributed by atoms with Crippen LogP contribution in [0.5, 0.6) is 0 Å². The normalized spacial score (nSPS) is 13.6. The van der Waals surface area contributed by atoms with Crippen LogP contribution in [0.25, 0.3) is 0 Å². The molecule has 0 saturated heterocycles. The SMILES string of the molecule is C[Si](C#Cc1ccccc1)C1=CC=CC1. The highest BCUT2D eigenvalue weighted by Crippen LogP contribution is 2.13. The molecule has 1 aromatic carbocycles. The summed E-state index contributed by atoms with van der Waals surface area (Å²) in [5.41, 5.74) is 4.50. The molecule has 73 valence electrons. The van der Waals surface area contributed by atoms with Gasteiger partial charge < -0.3 is 0 Å². The summed E-state index contributed by atoms with van der Waals surface area (Å²) in [5, 5.41) is 1.52. The summed E-state index contributed by atoms with van der Waals surface area (Å²) in [6, 6.07) is 10.2. The molecule has 0 heterocycles. The van der Waals surface area contributed by atoms with Gasteiger partial charge in [0.15, 0.2) is 8.80 Å². The Morgan fingerprint density at radius 3 is 2.67 bits per heavy atom. The van der Waals surface area contributed by atoms with E-state index in [4.69, 9.17) is 0 Å². The van der Waals surface area contributed by atoms with E-state index in [1.807, 2.05) is 18.2 Å². The van der Waals surface area contributed by atoms with Crippen molar-refractivity contribution in [3.8, 4) is 11.5 Å². The fourth-order valence-electron chi connectivity index (χ4n) is 1.49. The minimum atomic E-state index is -0.627. The van der Waals surface area contributed by atoms with Crippen LogP contribution in [-0.2, 0) is 0 Å². The molecule has 0 bridgehead atoms. The summed E-state index contributed by atoms with van der Waals surface area (Å²) in [6.45, 7) is 2.26. The lowest BCUT2D eigenvalue weighted by molar-refractivity contribution is 1.39. The number of benzene rings is 1. The van der Waals surface area contributed by atoms with E-state index >= 15 is 0 Å². The smallest absolute Gasteiger partial charge is 0.123 e. The maximum atomic E-state index is 3.38. The Labute approximate surface area is 92.9 Å². The van der Waals surface area contributed by atoms with E-state index in [0.717, 1.165) is 12.0 Å². The summed E-state index contributed by atoms with van der Waals surface area (Å²) < 4.78 is 0. The second kappa shape index (κ2) is 4.81. The first-order valence-electron chi connectivity index (χ1n) is 5.13. The summed E-state index contributed by atoms with van der Waals surface area (Å²) >= 11 is 0. The van der Waals surface area contributed by atoms with Crippen molar-refractivity contribution in [3.63, 3.8) is 0 Å². The van der Waals surface area contributed by atoms with Crippen LogP contribution in [-0.4, -0.2) is 8.80 Å². The highest BCUT2D eigenvalue weighted by molar-refractivity contribution is 6.73. The second-order valence-corrected chi connectivity index (χ2v) is 5.71. The Morgan fingerprint density at radius 2 is 2.00 bits per heavy atom. The molecule has 1 aromatic rings. The quantitative estimate of drug-likeness (QED) is 0.492. The molecule has 0 atom stereocenters. The van der Waals surface area contributed by atoms with Crippen molar-refractivity contribution in [2.75, 3.05) is 0 Å². The number of rotatable bonds is 1. The molecule has 0 fully saturated rings. The van der Waals surface area contributed by atoms with Crippen LogP contribution in [0.1, 0.15) is 12.0 Å². The molecule has 0 N–H and O–H groups in total. The van der Waals surface area contributed by atoms with Gasteiger partial charge in [0.1, 0.15) is 0 Å². The third kappa shape index (κ3) is 2.71. The number of hydrogen-bond acceptors (Lipinski definition) is 0. The predicted molar refractivity (Wildman–Crippen MR) is 66.8 cm³/mol. The molecular weight excluding hydrogens is 196 g/mol. The molecule has 2 rings (SSSR count). The van der Waals surface area contributed by atoms with E-state index in [-0.39, 0.29) is 0 Å². The first-order valence-corrected chi connectivity index (χ1v) is 7.13. The van der Waals surface area contributed by atoms with E-state index in [1.54, 1.807) is 0 Å². The van der Waals surface area contributed by atoms with E-state index < -0.39 is 8.80 Å². The van der Waals surface area contributed by atoms with E-state index in [0.29, 0.717) is 0 Å². The average Bonchev–Trinajstić information content (AvgIpc) is 2.81. The molecule has 0 aliphatic heterocycles. The standard InChI is InChI=1S/C14H13Si/c1-15(14-9-5-6-10-14)12-11-13-7-3-2-4-8-13/h2-9H,10H2,1H3. The van der Waals surface area contributed by atoms with Gasteiger partial charge in [-0.2, -0.15) is 0 Å². The van der Waals surface area contributed by atoms with Crippen molar-refractivity contribution >= 4 is 8.80 Å². The number of allylic oxidation sites excluding steroid dienone is 4.